The number of aryl methyl sites for hydroxylation is 4. The van der Waals surface area contributed by atoms with Crippen LogP contribution in [0.5, 0.6) is 0 Å². The molecule has 0 bridgehead atoms. The van der Waals surface area contributed by atoms with E-state index in [0.717, 1.165) is 41.5 Å². The zero-order valence-electron chi connectivity index (χ0n) is 28.3. The first-order chi connectivity index (χ1) is 23.2. The fraction of sp³-hybridized carbons (Fsp3) is 0.297. The van der Waals surface area contributed by atoms with E-state index in [-0.39, 0.29) is 21.6 Å². The number of carbonyl (C=O) groups excluding carboxylic acids is 2. The molecule has 0 unspecified atom stereocenters. The SMILES string of the molecule is Cc1cccc(C)c1NS(=O)(=O)c1ccc(NC(=O)CCCCCCCC(=O)Nc2ccc(S(=O)(=O)Nc3c(C)cccc3C)cc2)cc1. The van der Waals surface area contributed by atoms with E-state index in [1.807, 2.05) is 64.1 Å². The van der Waals surface area contributed by atoms with Crippen molar-refractivity contribution < 1.29 is 26.4 Å². The molecule has 0 radical (unpaired) electrons. The topological polar surface area (TPSA) is 151 Å². The predicted octanol–water partition coefficient (Wildman–Crippen LogP) is 7.83. The van der Waals surface area contributed by atoms with E-state index >= 15 is 0 Å². The maximum absolute atomic E-state index is 12.9. The Labute approximate surface area is 289 Å². The highest BCUT2D eigenvalue weighted by Crippen LogP contribution is 2.26. The number of unbranched alkanes of at least 4 members (excludes halogenated alkanes) is 4. The number of hydrogen-bond acceptors (Lipinski definition) is 6. The molecule has 0 heterocycles. The fourth-order valence-electron chi connectivity index (χ4n) is 5.32. The molecule has 4 aromatic rings. The second-order valence-corrected chi connectivity index (χ2v) is 15.5. The molecule has 10 nitrogen and oxygen atoms in total. The summed E-state index contributed by atoms with van der Waals surface area (Å²) in [4.78, 5) is 25.0. The van der Waals surface area contributed by atoms with Crippen molar-refractivity contribution in [3.05, 3.63) is 107 Å². The third kappa shape index (κ3) is 10.7. The molecule has 0 aliphatic carbocycles. The van der Waals surface area contributed by atoms with Crippen LogP contribution in [0.25, 0.3) is 0 Å². The Bertz CT molecular complexity index is 1810. The zero-order chi connectivity index (χ0) is 35.6. The van der Waals surface area contributed by atoms with Gasteiger partial charge < -0.3 is 10.6 Å². The lowest BCUT2D eigenvalue weighted by atomic mass is 10.1. The van der Waals surface area contributed by atoms with Gasteiger partial charge in [0.25, 0.3) is 20.0 Å². The Morgan fingerprint density at radius 3 is 1.10 bits per heavy atom. The molecule has 0 aliphatic rings. The molecular formula is C37H44N4O6S2. The third-order valence-corrected chi connectivity index (χ3v) is 10.9. The molecule has 0 spiro atoms. The van der Waals surface area contributed by atoms with Crippen molar-refractivity contribution in [2.45, 2.75) is 82.4 Å². The van der Waals surface area contributed by atoms with Gasteiger partial charge in [0.15, 0.2) is 0 Å². The van der Waals surface area contributed by atoms with E-state index in [9.17, 15) is 26.4 Å². The normalized spacial score (nSPS) is 11.5. The molecule has 0 atom stereocenters. The Kier molecular flexibility index (Phi) is 12.6. The van der Waals surface area contributed by atoms with Crippen molar-refractivity contribution in [2.24, 2.45) is 0 Å². The van der Waals surface area contributed by atoms with Crippen LogP contribution in [0, 0.1) is 27.7 Å². The van der Waals surface area contributed by atoms with Gasteiger partial charge in [-0.15, -0.1) is 0 Å². The van der Waals surface area contributed by atoms with Crippen LogP contribution >= 0.6 is 0 Å². The fourth-order valence-corrected chi connectivity index (χ4v) is 7.73. The van der Waals surface area contributed by atoms with Crippen LogP contribution in [0.15, 0.2) is 94.7 Å². The van der Waals surface area contributed by atoms with E-state index in [1.54, 1.807) is 24.3 Å². The molecule has 2 amide bonds. The number of sulfonamides is 2. The summed E-state index contributed by atoms with van der Waals surface area (Å²) in [6, 6.07) is 23.3. The minimum Gasteiger partial charge on any atom is -0.326 e. The molecule has 4 aromatic carbocycles. The molecule has 0 aliphatic heterocycles. The summed E-state index contributed by atoms with van der Waals surface area (Å²) < 4.78 is 56.8. The molecule has 0 aromatic heterocycles. The van der Waals surface area contributed by atoms with Gasteiger partial charge in [-0.2, -0.15) is 0 Å². The van der Waals surface area contributed by atoms with Crippen LogP contribution < -0.4 is 20.1 Å². The maximum Gasteiger partial charge on any atom is 0.261 e. The largest absolute Gasteiger partial charge is 0.326 e. The summed E-state index contributed by atoms with van der Waals surface area (Å²) in [6.45, 7) is 7.38. The first-order valence-corrected chi connectivity index (χ1v) is 19.2. The number of para-hydroxylation sites is 2. The number of amides is 2. The average molecular weight is 705 g/mol. The van der Waals surface area contributed by atoms with Gasteiger partial charge in [-0.05, 0) is 111 Å². The molecule has 4 N–H and O–H groups in total. The van der Waals surface area contributed by atoms with Crippen LogP contribution in [-0.4, -0.2) is 28.6 Å². The van der Waals surface area contributed by atoms with E-state index in [0.29, 0.717) is 48.4 Å². The van der Waals surface area contributed by atoms with Gasteiger partial charge in [0.05, 0.1) is 21.2 Å². The molecule has 12 heteroatoms. The number of anilines is 4. The van der Waals surface area contributed by atoms with Crippen molar-refractivity contribution in [1.29, 1.82) is 0 Å². The van der Waals surface area contributed by atoms with Gasteiger partial charge in [-0.1, -0.05) is 55.7 Å². The predicted molar refractivity (Wildman–Crippen MR) is 196 cm³/mol. The van der Waals surface area contributed by atoms with Crippen molar-refractivity contribution in [3.63, 3.8) is 0 Å². The van der Waals surface area contributed by atoms with Crippen molar-refractivity contribution in [1.82, 2.24) is 0 Å². The summed E-state index contributed by atoms with van der Waals surface area (Å²) in [5, 5.41) is 5.62. The first-order valence-electron chi connectivity index (χ1n) is 16.2. The minimum atomic E-state index is -3.78. The van der Waals surface area contributed by atoms with E-state index in [4.69, 9.17) is 0 Å². The quantitative estimate of drug-likeness (QED) is 0.0874. The Hall–Kier alpha value is -4.68. The van der Waals surface area contributed by atoms with E-state index < -0.39 is 20.0 Å². The monoisotopic (exact) mass is 704 g/mol. The van der Waals surface area contributed by atoms with Crippen LogP contribution in [-0.2, 0) is 29.6 Å². The van der Waals surface area contributed by atoms with Crippen LogP contribution in [0.2, 0.25) is 0 Å². The molecule has 260 valence electrons. The molecule has 4 rings (SSSR count). The second-order valence-electron chi connectivity index (χ2n) is 12.2. The van der Waals surface area contributed by atoms with Gasteiger partial charge in [-0.3, -0.25) is 19.0 Å². The molecule has 49 heavy (non-hydrogen) atoms. The number of carbonyl (C=O) groups is 2. The number of hydrogen-bond donors (Lipinski definition) is 4. The molecule has 0 saturated heterocycles. The first kappa shape index (κ1) is 37.1. The Morgan fingerprint density at radius 1 is 0.469 bits per heavy atom. The van der Waals surface area contributed by atoms with Gasteiger partial charge in [0, 0.05) is 24.2 Å². The summed E-state index contributed by atoms with van der Waals surface area (Å²) in [5.74, 6) is -0.299. The van der Waals surface area contributed by atoms with Crippen molar-refractivity contribution in [2.75, 3.05) is 20.1 Å². The third-order valence-electron chi connectivity index (χ3n) is 8.14. The minimum absolute atomic E-state index is 0.104. The molecule has 0 fully saturated rings. The lowest BCUT2D eigenvalue weighted by molar-refractivity contribution is -0.117. The summed E-state index contributed by atoms with van der Waals surface area (Å²) in [7, 11) is -7.56. The maximum atomic E-state index is 12.9. The van der Waals surface area contributed by atoms with Gasteiger partial charge in [0.1, 0.15) is 0 Å². The molecule has 0 saturated carbocycles. The number of benzene rings is 4. The smallest absolute Gasteiger partial charge is 0.261 e. The highest BCUT2D eigenvalue weighted by atomic mass is 32.2. The van der Waals surface area contributed by atoms with Crippen LogP contribution in [0.4, 0.5) is 22.7 Å². The van der Waals surface area contributed by atoms with Gasteiger partial charge in [0.2, 0.25) is 11.8 Å². The molecular weight excluding hydrogens is 661 g/mol. The lowest BCUT2D eigenvalue weighted by Gasteiger charge is -2.13. The highest BCUT2D eigenvalue weighted by molar-refractivity contribution is 7.93. The Morgan fingerprint density at radius 2 is 0.776 bits per heavy atom. The van der Waals surface area contributed by atoms with Gasteiger partial charge in [-0.25, -0.2) is 16.8 Å². The Balaban J connectivity index is 1.11. The van der Waals surface area contributed by atoms with E-state index in [1.165, 1.54) is 24.3 Å². The van der Waals surface area contributed by atoms with Crippen LogP contribution in [0.1, 0.15) is 67.2 Å². The lowest BCUT2D eigenvalue weighted by Crippen LogP contribution is -2.15. The highest BCUT2D eigenvalue weighted by Gasteiger charge is 2.18. The number of rotatable bonds is 16. The summed E-state index contributed by atoms with van der Waals surface area (Å²) in [6.07, 6.45) is 4.60. The summed E-state index contributed by atoms with van der Waals surface area (Å²) >= 11 is 0. The average Bonchev–Trinajstić information content (AvgIpc) is 3.05. The van der Waals surface area contributed by atoms with Gasteiger partial charge >= 0.3 is 0 Å². The number of nitrogens with one attached hydrogen (secondary N) is 4. The second kappa shape index (κ2) is 16.6. The van der Waals surface area contributed by atoms with Crippen molar-refractivity contribution in [3.8, 4) is 0 Å². The van der Waals surface area contributed by atoms with Crippen molar-refractivity contribution >= 4 is 54.6 Å². The van der Waals surface area contributed by atoms with Crippen LogP contribution in [0.3, 0.4) is 0 Å². The standard InChI is InChI=1S/C37H44N4O6S2/c1-26-12-10-13-27(2)36(26)40-48(44,45)32-22-18-30(19-23-32)38-34(42)16-8-6-5-7-9-17-35(43)39-31-20-24-33(25-21-31)49(46,47)41-37-28(3)14-11-15-29(37)4/h10-15,18-25,40-41H,5-9,16-17H2,1-4H3,(H,38,42)(H,39,43). The zero-order valence-corrected chi connectivity index (χ0v) is 29.9. The van der Waals surface area contributed by atoms with E-state index in [2.05, 4.69) is 20.1 Å². The summed E-state index contributed by atoms with van der Waals surface area (Å²) in [5.41, 5.74) is 5.48.